The van der Waals surface area contributed by atoms with Crippen LogP contribution in [0.2, 0.25) is 0 Å². The van der Waals surface area contributed by atoms with E-state index in [0.717, 1.165) is 18.5 Å². The number of benzene rings is 1. The predicted octanol–water partition coefficient (Wildman–Crippen LogP) is 3.44. The van der Waals surface area contributed by atoms with Crippen LogP contribution in [0.4, 0.5) is 0 Å². The van der Waals surface area contributed by atoms with Gasteiger partial charge in [-0.2, -0.15) is 0 Å². The molecule has 1 amide bonds. The fourth-order valence-corrected chi connectivity index (χ4v) is 3.72. The van der Waals surface area contributed by atoms with E-state index in [1.165, 1.54) is 11.3 Å². The third kappa shape index (κ3) is 5.05. The van der Waals surface area contributed by atoms with Crippen molar-refractivity contribution >= 4 is 23.2 Å². The van der Waals surface area contributed by atoms with Gasteiger partial charge in [0.25, 0.3) is 5.91 Å². The van der Waals surface area contributed by atoms with Crippen LogP contribution in [0.15, 0.2) is 35.2 Å². The van der Waals surface area contributed by atoms with Gasteiger partial charge in [-0.15, -0.1) is 11.3 Å². The molecule has 1 aliphatic heterocycles. The molecule has 1 fully saturated rings. The number of aliphatic carboxylic acids is 1. The lowest BCUT2D eigenvalue weighted by atomic mass is 9.93. The van der Waals surface area contributed by atoms with E-state index >= 15 is 0 Å². The summed E-state index contributed by atoms with van der Waals surface area (Å²) in [6, 6.07) is 7.19. The van der Waals surface area contributed by atoms with E-state index in [-0.39, 0.29) is 18.2 Å². The summed E-state index contributed by atoms with van der Waals surface area (Å²) in [6.07, 6.45) is 2.67. The van der Waals surface area contributed by atoms with Crippen LogP contribution in [0.5, 0.6) is 5.75 Å². The average Bonchev–Trinajstić information content (AvgIpc) is 3.18. The third-order valence-corrected chi connectivity index (χ3v) is 5.16. The van der Waals surface area contributed by atoms with E-state index in [1.54, 1.807) is 17.6 Å². The minimum absolute atomic E-state index is 0.0240. The van der Waals surface area contributed by atoms with Crippen LogP contribution >= 0.6 is 11.3 Å². The zero-order valence-electron chi connectivity index (χ0n) is 14.5. The Morgan fingerprint density at radius 2 is 2.27 bits per heavy atom. The second-order valence-corrected chi connectivity index (χ2v) is 7.21. The van der Waals surface area contributed by atoms with E-state index in [1.807, 2.05) is 22.4 Å². The number of piperidine rings is 1. The van der Waals surface area contributed by atoms with E-state index in [0.29, 0.717) is 37.4 Å². The lowest BCUT2D eigenvalue weighted by Gasteiger charge is -2.32. The number of rotatable bonds is 7. The minimum atomic E-state index is -0.779. The summed E-state index contributed by atoms with van der Waals surface area (Å²) in [5, 5.41) is 10.8. The summed E-state index contributed by atoms with van der Waals surface area (Å²) in [7, 11) is 0. The molecular weight excluding hydrogens is 352 g/mol. The first-order valence-corrected chi connectivity index (χ1v) is 9.67. The number of hydrogen-bond donors (Lipinski definition) is 1. The van der Waals surface area contributed by atoms with Crippen molar-refractivity contribution in [2.45, 2.75) is 32.3 Å². The Morgan fingerprint density at radius 3 is 3.04 bits per heavy atom. The second kappa shape index (κ2) is 8.80. The van der Waals surface area contributed by atoms with Crippen molar-refractivity contribution in [3.63, 3.8) is 0 Å². The summed E-state index contributed by atoms with van der Waals surface area (Å²) < 4.78 is 5.72. The molecule has 0 saturated carbocycles. The lowest BCUT2D eigenvalue weighted by molar-refractivity contribution is -0.137. The number of ether oxygens (including phenoxy) is 1. The van der Waals surface area contributed by atoms with E-state index in [2.05, 4.69) is 4.98 Å². The average molecular weight is 374 g/mol. The molecule has 1 saturated heterocycles. The fraction of sp³-hybridized carbons (Fsp3) is 0.421. The molecule has 1 aliphatic rings. The highest BCUT2D eigenvalue weighted by Gasteiger charge is 2.25. The van der Waals surface area contributed by atoms with Gasteiger partial charge in [0.1, 0.15) is 12.4 Å². The van der Waals surface area contributed by atoms with Gasteiger partial charge in [-0.3, -0.25) is 9.59 Å². The topological polar surface area (TPSA) is 79.7 Å². The van der Waals surface area contributed by atoms with Gasteiger partial charge in [0.05, 0.1) is 11.2 Å². The molecule has 1 N–H and O–H groups in total. The molecule has 3 rings (SSSR count). The van der Waals surface area contributed by atoms with Crippen molar-refractivity contribution in [3.8, 4) is 5.75 Å². The molecule has 26 heavy (non-hydrogen) atoms. The maximum Gasteiger partial charge on any atom is 0.303 e. The molecule has 6 nitrogen and oxygen atoms in total. The number of carboxylic acid groups (broad SMARTS) is 1. The molecule has 138 valence electrons. The van der Waals surface area contributed by atoms with E-state index < -0.39 is 5.97 Å². The molecule has 0 unspecified atom stereocenters. The Labute approximate surface area is 156 Å². The van der Waals surface area contributed by atoms with Gasteiger partial charge >= 0.3 is 5.97 Å². The predicted molar refractivity (Wildman–Crippen MR) is 98.4 cm³/mol. The molecule has 0 aliphatic carbocycles. The summed E-state index contributed by atoms with van der Waals surface area (Å²) in [5.41, 5.74) is 3.22. The number of likely N-dealkylation sites (tertiary alicyclic amines) is 1. The zero-order chi connectivity index (χ0) is 18.4. The second-order valence-electron chi connectivity index (χ2n) is 6.49. The Bertz CT molecular complexity index is 748. The first kappa shape index (κ1) is 18.4. The van der Waals surface area contributed by atoms with Crippen molar-refractivity contribution in [1.29, 1.82) is 0 Å². The first-order valence-electron chi connectivity index (χ1n) is 8.73. The molecule has 2 aromatic rings. The SMILES string of the molecule is O=C(O)CC[C@H]1CCCN(C(=O)c2cccc(OCc3cscn3)c2)C1. The number of aromatic nitrogens is 1. The van der Waals surface area contributed by atoms with Gasteiger partial charge in [0.15, 0.2) is 0 Å². The van der Waals surface area contributed by atoms with Crippen LogP contribution in [0, 0.1) is 5.92 Å². The highest BCUT2D eigenvalue weighted by atomic mass is 32.1. The summed E-state index contributed by atoms with van der Waals surface area (Å²) in [5.74, 6) is 0.0960. The largest absolute Gasteiger partial charge is 0.487 e. The summed E-state index contributed by atoms with van der Waals surface area (Å²) in [4.78, 5) is 29.6. The van der Waals surface area contributed by atoms with E-state index in [9.17, 15) is 9.59 Å². The van der Waals surface area contributed by atoms with Crippen LogP contribution in [0.3, 0.4) is 0 Å². The molecule has 2 heterocycles. The fourth-order valence-electron chi connectivity index (χ4n) is 3.18. The Hall–Kier alpha value is -2.41. The number of carbonyl (C=O) groups excluding carboxylic acids is 1. The summed E-state index contributed by atoms with van der Waals surface area (Å²) >= 11 is 1.52. The van der Waals surface area contributed by atoms with Gasteiger partial charge in [-0.1, -0.05) is 6.07 Å². The lowest BCUT2D eigenvalue weighted by Crippen LogP contribution is -2.40. The van der Waals surface area contributed by atoms with Crippen LogP contribution in [-0.4, -0.2) is 40.0 Å². The van der Waals surface area contributed by atoms with Gasteiger partial charge in [-0.25, -0.2) is 4.98 Å². The molecule has 0 bridgehead atoms. The number of amides is 1. The Kier molecular flexibility index (Phi) is 6.22. The van der Waals surface area contributed by atoms with Gasteiger partial charge in [0, 0.05) is 30.5 Å². The Balaban J connectivity index is 1.59. The van der Waals surface area contributed by atoms with Crippen LogP contribution in [0.1, 0.15) is 41.7 Å². The molecule has 1 atom stereocenters. The summed E-state index contributed by atoms with van der Waals surface area (Å²) in [6.45, 7) is 1.71. The number of carboxylic acids is 1. The van der Waals surface area contributed by atoms with Crippen LogP contribution in [0.25, 0.3) is 0 Å². The highest BCUT2D eigenvalue weighted by Crippen LogP contribution is 2.24. The normalized spacial score (nSPS) is 17.1. The van der Waals surface area contributed by atoms with Gasteiger partial charge in [-0.05, 0) is 43.4 Å². The maximum atomic E-state index is 12.8. The molecule has 0 radical (unpaired) electrons. The molecule has 1 aromatic heterocycles. The van der Waals surface area contributed by atoms with Crippen molar-refractivity contribution < 1.29 is 19.4 Å². The monoisotopic (exact) mass is 374 g/mol. The molecular formula is C19H22N2O4S. The molecule has 0 spiro atoms. The van der Waals surface area contributed by atoms with Gasteiger partial charge < -0.3 is 14.7 Å². The van der Waals surface area contributed by atoms with Crippen molar-refractivity contribution in [2.24, 2.45) is 5.92 Å². The smallest absolute Gasteiger partial charge is 0.303 e. The van der Waals surface area contributed by atoms with Crippen molar-refractivity contribution in [1.82, 2.24) is 9.88 Å². The van der Waals surface area contributed by atoms with Gasteiger partial charge in [0.2, 0.25) is 0 Å². The van der Waals surface area contributed by atoms with Crippen molar-refractivity contribution in [2.75, 3.05) is 13.1 Å². The Morgan fingerprint density at radius 1 is 1.38 bits per heavy atom. The number of thiazole rings is 1. The number of nitrogens with zero attached hydrogens (tertiary/aromatic N) is 2. The van der Waals surface area contributed by atoms with Crippen LogP contribution < -0.4 is 4.74 Å². The third-order valence-electron chi connectivity index (χ3n) is 4.52. The molecule has 1 aromatic carbocycles. The number of carbonyl (C=O) groups is 2. The van der Waals surface area contributed by atoms with Crippen molar-refractivity contribution in [3.05, 3.63) is 46.4 Å². The van der Waals surface area contributed by atoms with E-state index in [4.69, 9.17) is 9.84 Å². The standard InChI is InChI=1S/C19H22N2O4S/c22-18(23)7-6-14-3-2-8-21(10-14)19(24)15-4-1-5-17(9-15)25-11-16-12-26-13-20-16/h1,4-5,9,12-14H,2-3,6-8,10-11H2,(H,22,23)/t14-/m1/s1. The zero-order valence-corrected chi connectivity index (χ0v) is 15.3. The minimum Gasteiger partial charge on any atom is -0.487 e. The highest BCUT2D eigenvalue weighted by molar-refractivity contribution is 7.07. The first-order chi connectivity index (χ1) is 12.6. The van der Waals surface area contributed by atoms with Crippen LogP contribution in [-0.2, 0) is 11.4 Å². The number of hydrogen-bond acceptors (Lipinski definition) is 5. The maximum absolute atomic E-state index is 12.8. The quantitative estimate of drug-likeness (QED) is 0.803. The molecule has 7 heteroatoms.